The van der Waals surface area contributed by atoms with Crippen molar-refractivity contribution in [2.45, 2.75) is 58.5 Å². The van der Waals surface area contributed by atoms with Crippen LogP contribution in [0.1, 0.15) is 52.9 Å². The summed E-state index contributed by atoms with van der Waals surface area (Å²) in [6, 6.07) is 0. The molecule has 0 heterocycles. The molecule has 1 amide bonds. The van der Waals surface area contributed by atoms with Gasteiger partial charge in [-0.05, 0) is 33.6 Å². The highest BCUT2D eigenvalue weighted by atomic mass is 16.7. The lowest BCUT2D eigenvalue weighted by molar-refractivity contribution is -0.157. The number of nitrogens with one attached hydrogen (secondary N) is 1. The van der Waals surface area contributed by atoms with Gasteiger partial charge < -0.3 is 5.73 Å². The fourth-order valence-electron chi connectivity index (χ4n) is 2.06. The summed E-state index contributed by atoms with van der Waals surface area (Å²) in [5.74, 6) is -0.0513. The fraction of sp³-hybridized carbons (Fsp3) is 0.917. The minimum atomic E-state index is -0.399. The Morgan fingerprint density at radius 3 is 2.31 bits per heavy atom. The van der Waals surface area contributed by atoms with E-state index in [2.05, 4.69) is 5.48 Å². The number of carbonyl (C=O) groups is 1. The van der Waals surface area contributed by atoms with Crippen LogP contribution < -0.4 is 11.2 Å². The molecule has 3 N–H and O–H groups in total. The zero-order chi connectivity index (χ0) is 12.2. The molecule has 1 saturated carbocycles. The van der Waals surface area contributed by atoms with E-state index in [1.54, 1.807) is 0 Å². The third-order valence-corrected chi connectivity index (χ3v) is 3.13. The first-order chi connectivity index (χ1) is 7.40. The molecule has 0 aromatic rings. The predicted molar refractivity (Wildman–Crippen MR) is 63.6 cm³/mol. The van der Waals surface area contributed by atoms with Gasteiger partial charge in [-0.1, -0.05) is 19.3 Å². The highest BCUT2D eigenvalue weighted by Crippen LogP contribution is 2.35. The van der Waals surface area contributed by atoms with E-state index in [9.17, 15) is 4.79 Å². The van der Waals surface area contributed by atoms with Crippen molar-refractivity contribution in [3.63, 3.8) is 0 Å². The van der Waals surface area contributed by atoms with Crippen molar-refractivity contribution >= 4 is 5.91 Å². The van der Waals surface area contributed by atoms with Crippen molar-refractivity contribution < 1.29 is 9.63 Å². The molecule has 1 aliphatic rings. The minimum absolute atomic E-state index is 0.0513. The van der Waals surface area contributed by atoms with Gasteiger partial charge in [0.2, 0.25) is 0 Å². The highest BCUT2D eigenvalue weighted by molar-refractivity contribution is 5.82. The van der Waals surface area contributed by atoms with Gasteiger partial charge in [-0.25, -0.2) is 5.48 Å². The van der Waals surface area contributed by atoms with Gasteiger partial charge in [0.15, 0.2) is 0 Å². The number of nitrogens with two attached hydrogens (primary N) is 1. The van der Waals surface area contributed by atoms with Crippen LogP contribution in [0.5, 0.6) is 0 Å². The molecule has 0 aromatic heterocycles. The maximum atomic E-state index is 12.1. The third kappa shape index (κ3) is 3.46. The van der Waals surface area contributed by atoms with E-state index in [1.165, 1.54) is 6.42 Å². The molecule has 0 bridgehead atoms. The zero-order valence-electron chi connectivity index (χ0n) is 10.6. The summed E-state index contributed by atoms with van der Waals surface area (Å²) in [6.45, 7) is 6.13. The molecule has 0 radical (unpaired) electrons. The van der Waals surface area contributed by atoms with Gasteiger partial charge >= 0.3 is 0 Å². The number of rotatable bonds is 3. The molecular formula is C12H24N2O2. The van der Waals surface area contributed by atoms with Crippen molar-refractivity contribution in [2.75, 3.05) is 6.54 Å². The molecule has 0 unspecified atom stereocenters. The van der Waals surface area contributed by atoms with Crippen LogP contribution in [0.4, 0.5) is 0 Å². The first kappa shape index (κ1) is 13.5. The maximum absolute atomic E-state index is 12.1. The Bertz CT molecular complexity index is 240. The Kier molecular flexibility index (Phi) is 4.33. The topological polar surface area (TPSA) is 64.3 Å². The lowest BCUT2D eigenvalue weighted by Crippen LogP contribution is -2.48. The second-order valence-electron chi connectivity index (χ2n) is 5.69. The van der Waals surface area contributed by atoms with Crippen LogP contribution in [0, 0.1) is 5.41 Å². The number of amides is 1. The van der Waals surface area contributed by atoms with Crippen LogP contribution in [0.25, 0.3) is 0 Å². The van der Waals surface area contributed by atoms with Crippen LogP contribution in [0.15, 0.2) is 0 Å². The smallest absolute Gasteiger partial charge is 0.251 e. The van der Waals surface area contributed by atoms with Gasteiger partial charge in [-0.15, -0.1) is 0 Å². The second kappa shape index (κ2) is 5.15. The van der Waals surface area contributed by atoms with Crippen LogP contribution >= 0.6 is 0 Å². The summed E-state index contributed by atoms with van der Waals surface area (Å²) >= 11 is 0. The van der Waals surface area contributed by atoms with Crippen LogP contribution in [0.2, 0.25) is 0 Å². The van der Waals surface area contributed by atoms with Gasteiger partial charge in [0.05, 0.1) is 11.0 Å². The number of hydroxylamine groups is 1. The second-order valence-corrected chi connectivity index (χ2v) is 5.69. The molecular weight excluding hydrogens is 204 g/mol. The lowest BCUT2D eigenvalue weighted by Gasteiger charge is -2.35. The van der Waals surface area contributed by atoms with E-state index < -0.39 is 5.41 Å². The van der Waals surface area contributed by atoms with E-state index >= 15 is 0 Å². The normalized spacial score (nSPS) is 20.5. The Balaban J connectivity index is 2.55. The fourth-order valence-corrected chi connectivity index (χ4v) is 2.06. The van der Waals surface area contributed by atoms with Gasteiger partial charge in [-0.3, -0.25) is 9.63 Å². The summed E-state index contributed by atoms with van der Waals surface area (Å²) in [5, 5.41) is 0. The summed E-state index contributed by atoms with van der Waals surface area (Å²) in [7, 11) is 0. The molecule has 4 heteroatoms. The lowest BCUT2D eigenvalue weighted by atomic mass is 9.73. The summed E-state index contributed by atoms with van der Waals surface area (Å²) < 4.78 is 0. The van der Waals surface area contributed by atoms with Crippen LogP contribution in [-0.2, 0) is 9.63 Å². The molecule has 1 rings (SSSR count). The predicted octanol–water partition coefficient (Wildman–Crippen LogP) is 1.74. The molecule has 0 saturated heterocycles. The Labute approximate surface area is 97.9 Å². The zero-order valence-corrected chi connectivity index (χ0v) is 10.6. The number of hydrogen-bond donors (Lipinski definition) is 2. The average Bonchev–Trinajstić information content (AvgIpc) is 2.25. The molecule has 0 aliphatic heterocycles. The van der Waals surface area contributed by atoms with Crippen molar-refractivity contribution in [3.05, 3.63) is 0 Å². The standard InChI is InChI=1S/C12H24N2O2/c1-11(2,3)16-14-10(15)12(9-13)7-5-4-6-8-12/h4-9,13H2,1-3H3,(H,14,15). The van der Waals surface area contributed by atoms with Crippen LogP contribution in [-0.4, -0.2) is 18.1 Å². The molecule has 0 spiro atoms. The molecule has 0 aromatic carbocycles. The Hall–Kier alpha value is -0.610. The van der Waals surface area contributed by atoms with E-state index in [-0.39, 0.29) is 11.5 Å². The van der Waals surface area contributed by atoms with Crippen molar-refractivity contribution in [3.8, 4) is 0 Å². The summed E-state index contributed by atoms with van der Waals surface area (Å²) in [5.41, 5.74) is 7.57. The first-order valence-electron chi connectivity index (χ1n) is 6.08. The van der Waals surface area contributed by atoms with Crippen molar-refractivity contribution in [2.24, 2.45) is 11.1 Å². The van der Waals surface area contributed by atoms with Gasteiger partial charge in [0, 0.05) is 6.54 Å². The van der Waals surface area contributed by atoms with E-state index in [1.807, 2.05) is 20.8 Å². The van der Waals surface area contributed by atoms with Gasteiger partial charge in [0.25, 0.3) is 5.91 Å². The number of hydrogen-bond acceptors (Lipinski definition) is 3. The first-order valence-corrected chi connectivity index (χ1v) is 6.08. The summed E-state index contributed by atoms with van der Waals surface area (Å²) in [4.78, 5) is 17.4. The van der Waals surface area contributed by atoms with Gasteiger partial charge in [-0.2, -0.15) is 0 Å². The molecule has 94 valence electrons. The maximum Gasteiger partial charge on any atom is 0.251 e. The van der Waals surface area contributed by atoms with Gasteiger partial charge in [0.1, 0.15) is 0 Å². The molecule has 1 fully saturated rings. The third-order valence-electron chi connectivity index (χ3n) is 3.13. The molecule has 1 aliphatic carbocycles. The average molecular weight is 228 g/mol. The summed E-state index contributed by atoms with van der Waals surface area (Å²) in [6.07, 6.45) is 5.13. The Morgan fingerprint density at radius 1 is 1.31 bits per heavy atom. The number of carbonyl (C=O) groups excluding carboxylic acids is 1. The molecule has 16 heavy (non-hydrogen) atoms. The molecule has 4 nitrogen and oxygen atoms in total. The van der Waals surface area contributed by atoms with Crippen molar-refractivity contribution in [1.82, 2.24) is 5.48 Å². The van der Waals surface area contributed by atoms with Crippen LogP contribution in [0.3, 0.4) is 0 Å². The molecule has 0 atom stereocenters. The SMILES string of the molecule is CC(C)(C)ONC(=O)C1(CN)CCCCC1. The largest absolute Gasteiger partial charge is 0.329 e. The van der Waals surface area contributed by atoms with E-state index in [4.69, 9.17) is 10.6 Å². The quantitative estimate of drug-likeness (QED) is 0.723. The minimum Gasteiger partial charge on any atom is -0.329 e. The van der Waals surface area contributed by atoms with Crippen molar-refractivity contribution in [1.29, 1.82) is 0 Å². The highest BCUT2D eigenvalue weighted by Gasteiger charge is 2.38. The monoisotopic (exact) mass is 228 g/mol. The Morgan fingerprint density at radius 2 is 1.88 bits per heavy atom. The van der Waals surface area contributed by atoms with E-state index in [0.717, 1.165) is 25.7 Å². The van der Waals surface area contributed by atoms with E-state index in [0.29, 0.717) is 6.54 Å².